The molecule has 20 heavy (non-hydrogen) atoms. The maximum atomic E-state index is 5.44. The van der Waals surface area contributed by atoms with Crippen molar-refractivity contribution < 1.29 is 0 Å². The zero-order valence-electron chi connectivity index (χ0n) is 12.0. The molecule has 0 radical (unpaired) electrons. The number of rotatable bonds is 6. The van der Waals surface area contributed by atoms with Gasteiger partial charge in [0.15, 0.2) is 0 Å². The number of hydrogen-bond acceptors (Lipinski definition) is 7. The fourth-order valence-corrected chi connectivity index (χ4v) is 1.87. The Hall–Kier alpha value is -2.22. The Bertz CT molecular complexity index is 536. The molecule has 0 saturated carbocycles. The van der Waals surface area contributed by atoms with Crippen LogP contribution in [-0.2, 0) is 0 Å². The van der Waals surface area contributed by atoms with Gasteiger partial charge in [0.25, 0.3) is 5.95 Å². The minimum absolute atomic E-state index is 0.286. The number of nitrogens with two attached hydrogens (primary N) is 1. The normalized spacial score (nSPS) is 10.8. The van der Waals surface area contributed by atoms with Crippen LogP contribution < -0.4 is 16.2 Å². The molecule has 0 amide bonds. The van der Waals surface area contributed by atoms with Crippen molar-refractivity contribution >= 4 is 11.9 Å². The smallest absolute Gasteiger partial charge is 0.257 e. The number of hydrogen-bond donors (Lipinski definition) is 2. The summed E-state index contributed by atoms with van der Waals surface area (Å²) in [6.07, 6.45) is 4.45. The summed E-state index contributed by atoms with van der Waals surface area (Å²) in [4.78, 5) is 15.1. The first-order chi connectivity index (χ1) is 9.65. The van der Waals surface area contributed by atoms with Gasteiger partial charge in [-0.1, -0.05) is 6.92 Å². The van der Waals surface area contributed by atoms with E-state index in [9.17, 15) is 0 Å². The molecule has 8 nitrogen and oxygen atoms in total. The van der Waals surface area contributed by atoms with Crippen molar-refractivity contribution in [2.45, 2.75) is 33.2 Å². The summed E-state index contributed by atoms with van der Waals surface area (Å²) in [5.41, 5.74) is 2.48. The molecule has 8 heteroatoms. The van der Waals surface area contributed by atoms with Gasteiger partial charge in [-0.15, -0.1) is 0 Å². The Morgan fingerprint density at radius 2 is 2.15 bits per heavy atom. The number of hydrazine groups is 1. The fraction of sp³-hybridized carbons (Fsp3) is 0.500. The SMILES string of the molecule is CCCN(c1nc(NN)nc(-n2cccn2)n1)C(C)C. The highest BCUT2D eigenvalue weighted by atomic mass is 15.4. The molecule has 2 heterocycles. The molecule has 0 aliphatic carbocycles. The molecular weight excluding hydrogens is 256 g/mol. The molecule has 108 valence electrons. The largest absolute Gasteiger partial charge is 0.338 e. The van der Waals surface area contributed by atoms with Crippen LogP contribution in [-0.4, -0.2) is 37.3 Å². The predicted octanol–water partition coefficient (Wildman–Crippen LogP) is 0.968. The van der Waals surface area contributed by atoms with Crippen molar-refractivity contribution in [2.24, 2.45) is 5.84 Å². The topological polar surface area (TPSA) is 97.8 Å². The summed E-state index contributed by atoms with van der Waals surface area (Å²) in [5.74, 6) is 6.79. The maximum absolute atomic E-state index is 5.44. The van der Waals surface area contributed by atoms with Gasteiger partial charge >= 0.3 is 0 Å². The molecule has 3 N–H and O–H groups in total. The van der Waals surface area contributed by atoms with Crippen molar-refractivity contribution in [1.82, 2.24) is 24.7 Å². The molecule has 0 saturated heterocycles. The monoisotopic (exact) mass is 276 g/mol. The molecule has 2 rings (SSSR count). The average molecular weight is 276 g/mol. The zero-order chi connectivity index (χ0) is 14.5. The van der Waals surface area contributed by atoms with E-state index in [0.29, 0.717) is 17.8 Å². The first kappa shape index (κ1) is 14.2. The lowest BCUT2D eigenvalue weighted by atomic mass is 10.3. The van der Waals surface area contributed by atoms with E-state index < -0.39 is 0 Å². The van der Waals surface area contributed by atoms with Gasteiger partial charge in [-0.3, -0.25) is 5.43 Å². The van der Waals surface area contributed by atoms with Crippen molar-refractivity contribution in [3.8, 4) is 5.95 Å². The van der Waals surface area contributed by atoms with Crippen LogP contribution in [0.1, 0.15) is 27.2 Å². The lowest BCUT2D eigenvalue weighted by Crippen LogP contribution is -2.34. The number of anilines is 2. The second-order valence-corrected chi connectivity index (χ2v) is 4.64. The molecule has 0 unspecified atom stereocenters. The van der Waals surface area contributed by atoms with Gasteiger partial charge < -0.3 is 4.90 Å². The quantitative estimate of drug-likeness (QED) is 0.599. The van der Waals surface area contributed by atoms with Gasteiger partial charge in [0.1, 0.15) is 0 Å². The Morgan fingerprint density at radius 3 is 2.70 bits per heavy atom. The minimum atomic E-state index is 0.286. The van der Waals surface area contributed by atoms with Crippen LogP contribution in [0, 0.1) is 0 Å². The first-order valence-electron chi connectivity index (χ1n) is 6.65. The van der Waals surface area contributed by atoms with Crippen LogP contribution in [0.4, 0.5) is 11.9 Å². The van der Waals surface area contributed by atoms with E-state index in [0.717, 1.165) is 13.0 Å². The summed E-state index contributed by atoms with van der Waals surface area (Å²) < 4.78 is 1.58. The number of nitrogens with zero attached hydrogens (tertiary/aromatic N) is 6. The van der Waals surface area contributed by atoms with Gasteiger partial charge in [-0.05, 0) is 26.3 Å². The van der Waals surface area contributed by atoms with Gasteiger partial charge in [0.2, 0.25) is 11.9 Å². The summed E-state index contributed by atoms with van der Waals surface area (Å²) in [6, 6.07) is 2.10. The second kappa shape index (κ2) is 6.29. The molecule has 0 bridgehead atoms. The summed E-state index contributed by atoms with van der Waals surface area (Å²) in [7, 11) is 0. The zero-order valence-corrected chi connectivity index (χ0v) is 12.0. The van der Waals surface area contributed by atoms with Crippen LogP contribution in [0.5, 0.6) is 0 Å². The highest BCUT2D eigenvalue weighted by Crippen LogP contribution is 2.15. The van der Waals surface area contributed by atoms with Crippen LogP contribution >= 0.6 is 0 Å². The third-order valence-corrected chi connectivity index (χ3v) is 2.79. The molecule has 2 aromatic heterocycles. The van der Waals surface area contributed by atoms with Crippen LogP contribution in [0.15, 0.2) is 18.5 Å². The van der Waals surface area contributed by atoms with Crippen LogP contribution in [0.25, 0.3) is 5.95 Å². The van der Waals surface area contributed by atoms with Crippen LogP contribution in [0.3, 0.4) is 0 Å². The van der Waals surface area contributed by atoms with E-state index in [2.05, 4.69) is 51.1 Å². The minimum Gasteiger partial charge on any atom is -0.338 e. The van der Waals surface area contributed by atoms with Gasteiger partial charge in [0.05, 0.1) is 0 Å². The molecule has 0 fully saturated rings. The predicted molar refractivity (Wildman–Crippen MR) is 77.5 cm³/mol. The number of nitrogens with one attached hydrogen (secondary N) is 1. The van der Waals surface area contributed by atoms with Crippen molar-refractivity contribution in [3.05, 3.63) is 18.5 Å². The molecular formula is C12H20N8. The Kier molecular flexibility index (Phi) is 4.46. The first-order valence-corrected chi connectivity index (χ1v) is 6.65. The summed E-state index contributed by atoms with van der Waals surface area (Å²) >= 11 is 0. The number of aromatic nitrogens is 5. The average Bonchev–Trinajstić information content (AvgIpc) is 2.98. The summed E-state index contributed by atoms with van der Waals surface area (Å²) in [6.45, 7) is 7.18. The van der Waals surface area contributed by atoms with Crippen molar-refractivity contribution in [2.75, 3.05) is 16.9 Å². The van der Waals surface area contributed by atoms with Crippen molar-refractivity contribution in [1.29, 1.82) is 0 Å². The van der Waals surface area contributed by atoms with Gasteiger partial charge in [-0.25, -0.2) is 10.5 Å². The second-order valence-electron chi connectivity index (χ2n) is 4.64. The Morgan fingerprint density at radius 1 is 1.35 bits per heavy atom. The molecule has 0 aliphatic rings. The van der Waals surface area contributed by atoms with E-state index in [1.54, 1.807) is 17.1 Å². The lowest BCUT2D eigenvalue weighted by Gasteiger charge is -2.26. The molecule has 0 spiro atoms. The lowest BCUT2D eigenvalue weighted by molar-refractivity contribution is 0.644. The van der Waals surface area contributed by atoms with E-state index in [1.165, 1.54) is 0 Å². The van der Waals surface area contributed by atoms with Gasteiger partial charge in [0, 0.05) is 25.0 Å². The molecule has 0 atom stereocenters. The van der Waals surface area contributed by atoms with E-state index in [1.807, 2.05) is 6.07 Å². The van der Waals surface area contributed by atoms with E-state index in [-0.39, 0.29) is 6.04 Å². The van der Waals surface area contributed by atoms with Gasteiger partial charge in [-0.2, -0.15) is 20.1 Å². The molecule has 2 aromatic rings. The third kappa shape index (κ3) is 3.02. The standard InChI is InChI=1S/C12H20N8/c1-4-7-19(9(2)3)11-15-10(18-13)16-12(17-11)20-8-5-6-14-20/h5-6,8-9H,4,7,13H2,1-3H3,(H,15,16,17,18). The highest BCUT2D eigenvalue weighted by Gasteiger charge is 2.16. The molecule has 0 aromatic carbocycles. The maximum Gasteiger partial charge on any atom is 0.257 e. The fourth-order valence-electron chi connectivity index (χ4n) is 1.87. The van der Waals surface area contributed by atoms with E-state index in [4.69, 9.17) is 5.84 Å². The van der Waals surface area contributed by atoms with E-state index >= 15 is 0 Å². The molecule has 0 aliphatic heterocycles. The third-order valence-electron chi connectivity index (χ3n) is 2.79. The summed E-state index contributed by atoms with van der Waals surface area (Å²) in [5, 5.41) is 4.13. The Labute approximate surface area is 118 Å². The Balaban J connectivity index is 2.44. The van der Waals surface area contributed by atoms with Crippen LogP contribution in [0.2, 0.25) is 0 Å². The number of nitrogen functional groups attached to an aromatic ring is 1. The van der Waals surface area contributed by atoms with Crippen molar-refractivity contribution in [3.63, 3.8) is 0 Å². The highest BCUT2D eigenvalue weighted by molar-refractivity contribution is 5.40.